The molecular formula is C16H26AsNO8Se. The maximum absolute atomic E-state index is 11.7. The first kappa shape index (κ1) is 24.0. The fourth-order valence-electron chi connectivity index (χ4n) is 2.59. The van der Waals surface area contributed by atoms with Gasteiger partial charge in [-0.05, 0) is 0 Å². The maximum atomic E-state index is 11.7. The van der Waals surface area contributed by atoms with Crippen molar-refractivity contribution < 1.29 is 38.1 Å². The summed E-state index contributed by atoms with van der Waals surface area (Å²) in [7, 11) is 0. The predicted octanol–water partition coefficient (Wildman–Crippen LogP) is -0.402. The molecule has 27 heavy (non-hydrogen) atoms. The van der Waals surface area contributed by atoms with E-state index in [0.29, 0.717) is 0 Å². The number of carbonyl (C=O) groups is 4. The van der Waals surface area contributed by atoms with Crippen LogP contribution in [0.1, 0.15) is 27.7 Å². The van der Waals surface area contributed by atoms with Crippen LogP contribution in [-0.4, -0.2) is 85.5 Å². The standard InChI is InChI=1S/C16H26AsNO8Se/c1-8(19)18-13-15(25-11(4)22)14(24-10(3)21)12(7-23-9(2)20)26-16(13)27-17(5)6/h12-16H,7H2,1-6H3,(H,18,19). The quantitative estimate of drug-likeness (QED) is 0.277. The van der Waals surface area contributed by atoms with Gasteiger partial charge in [0, 0.05) is 0 Å². The van der Waals surface area contributed by atoms with Gasteiger partial charge < -0.3 is 0 Å². The zero-order valence-corrected chi connectivity index (χ0v) is 19.8. The topological polar surface area (TPSA) is 117 Å². The molecule has 5 unspecified atom stereocenters. The van der Waals surface area contributed by atoms with Gasteiger partial charge in [0.2, 0.25) is 0 Å². The minimum absolute atomic E-state index is 0.0498. The third kappa shape index (κ3) is 8.21. The van der Waals surface area contributed by atoms with E-state index >= 15 is 0 Å². The molecule has 1 heterocycles. The van der Waals surface area contributed by atoms with Gasteiger partial charge in [-0.15, -0.1) is 0 Å². The van der Waals surface area contributed by atoms with Crippen molar-refractivity contribution in [1.29, 1.82) is 0 Å². The van der Waals surface area contributed by atoms with Crippen LogP contribution in [-0.2, 0) is 38.1 Å². The summed E-state index contributed by atoms with van der Waals surface area (Å²) in [6, 6.07) is -0.652. The molecule has 1 N–H and O–H groups in total. The summed E-state index contributed by atoms with van der Waals surface area (Å²) in [5.41, 5.74) is 4.31. The van der Waals surface area contributed by atoms with Crippen LogP contribution in [0.2, 0.25) is 11.4 Å². The van der Waals surface area contributed by atoms with Crippen LogP contribution in [0.4, 0.5) is 0 Å². The molecule has 0 aliphatic carbocycles. The fourth-order valence-corrected chi connectivity index (χ4v) is 11.1. The summed E-state index contributed by atoms with van der Waals surface area (Å²) >= 11 is -1.09. The number of nitrogens with one attached hydrogen (secondary N) is 1. The van der Waals surface area contributed by atoms with Gasteiger partial charge in [-0.1, -0.05) is 0 Å². The molecule has 0 bridgehead atoms. The molecule has 0 spiro atoms. The molecule has 0 aromatic rings. The Bertz CT molecular complexity index is 573. The molecule has 1 rings (SSSR count). The summed E-state index contributed by atoms with van der Waals surface area (Å²) in [6.45, 7) is 4.93. The van der Waals surface area contributed by atoms with Crippen molar-refractivity contribution in [3.63, 3.8) is 0 Å². The van der Waals surface area contributed by atoms with Gasteiger partial charge in [-0.2, -0.15) is 0 Å². The van der Waals surface area contributed by atoms with E-state index in [0.717, 1.165) is 0 Å². The van der Waals surface area contributed by atoms with Crippen molar-refractivity contribution >= 4 is 49.5 Å². The number of ether oxygens (including phenoxy) is 4. The molecule has 5 atom stereocenters. The Labute approximate surface area is 168 Å². The van der Waals surface area contributed by atoms with E-state index in [1.807, 2.05) is 0 Å². The molecule has 0 aromatic carbocycles. The van der Waals surface area contributed by atoms with Gasteiger partial charge in [0.05, 0.1) is 0 Å². The molecule has 154 valence electrons. The molecular weight excluding hydrogens is 488 g/mol. The van der Waals surface area contributed by atoms with Crippen molar-refractivity contribution in [3.05, 3.63) is 0 Å². The zero-order chi connectivity index (χ0) is 20.7. The number of rotatable bonds is 7. The molecule has 1 saturated heterocycles. The molecule has 1 fully saturated rings. The first-order valence-electron chi connectivity index (χ1n) is 8.25. The van der Waals surface area contributed by atoms with Gasteiger partial charge in [0.1, 0.15) is 0 Å². The first-order chi connectivity index (χ1) is 12.5. The second kappa shape index (κ2) is 11.0. The van der Waals surface area contributed by atoms with Crippen LogP contribution < -0.4 is 5.32 Å². The zero-order valence-electron chi connectivity index (χ0n) is 16.2. The Hall–Kier alpha value is -1.08. The number of hydrogen-bond donors (Lipinski definition) is 1. The molecule has 0 saturated carbocycles. The van der Waals surface area contributed by atoms with Crippen LogP contribution in [0.5, 0.6) is 0 Å². The van der Waals surface area contributed by atoms with E-state index < -0.39 is 60.0 Å². The third-order valence-electron chi connectivity index (χ3n) is 3.39. The molecule has 9 nitrogen and oxygen atoms in total. The monoisotopic (exact) mass is 515 g/mol. The molecule has 0 aromatic heterocycles. The second-order valence-electron chi connectivity index (χ2n) is 6.14. The summed E-state index contributed by atoms with van der Waals surface area (Å²) in [5.74, 6) is -1.99. The van der Waals surface area contributed by atoms with E-state index in [2.05, 4.69) is 16.7 Å². The van der Waals surface area contributed by atoms with Crippen molar-refractivity contribution in [2.24, 2.45) is 0 Å². The van der Waals surface area contributed by atoms with Gasteiger partial charge in [0.15, 0.2) is 0 Å². The summed E-state index contributed by atoms with van der Waals surface area (Å²) in [6.07, 6.45) is -2.75. The molecule has 1 aliphatic rings. The van der Waals surface area contributed by atoms with E-state index in [1.165, 1.54) is 27.7 Å². The molecule has 0 radical (unpaired) electrons. The number of esters is 3. The minimum atomic E-state index is -1.14. The normalized spacial score (nSPS) is 27.6. The van der Waals surface area contributed by atoms with E-state index in [-0.39, 0.29) is 25.5 Å². The average molecular weight is 514 g/mol. The summed E-state index contributed by atoms with van der Waals surface area (Å²) < 4.78 is 21.9. The summed E-state index contributed by atoms with van der Waals surface area (Å²) in [5, 5.41) is 2.38. The van der Waals surface area contributed by atoms with Gasteiger partial charge in [0.25, 0.3) is 0 Å². The van der Waals surface area contributed by atoms with E-state index in [4.69, 9.17) is 18.9 Å². The number of carbonyl (C=O) groups excluding carboxylic acids is 4. The molecule has 11 heteroatoms. The van der Waals surface area contributed by atoms with Crippen molar-refractivity contribution in [1.82, 2.24) is 5.32 Å². The second-order valence-corrected chi connectivity index (χ2v) is 21.2. The van der Waals surface area contributed by atoms with Crippen LogP contribution in [0, 0.1) is 0 Å². The number of hydrogen-bond acceptors (Lipinski definition) is 8. The van der Waals surface area contributed by atoms with Crippen molar-refractivity contribution in [2.75, 3.05) is 6.61 Å². The van der Waals surface area contributed by atoms with Crippen molar-refractivity contribution in [3.8, 4) is 0 Å². The SMILES string of the molecule is CC(=O)NC1C([Se][As](C)C)OC(COC(C)=O)C(OC(C)=O)C1OC(C)=O. The Morgan fingerprint density at radius 2 is 1.52 bits per heavy atom. The molecule has 1 aliphatic heterocycles. The Kier molecular flexibility index (Phi) is 9.80. The fraction of sp³-hybridized carbons (Fsp3) is 0.750. The van der Waals surface area contributed by atoms with Crippen LogP contribution in [0.25, 0.3) is 0 Å². The van der Waals surface area contributed by atoms with Gasteiger partial charge in [-0.3, -0.25) is 0 Å². The van der Waals surface area contributed by atoms with Crippen LogP contribution >= 0.6 is 0 Å². The summed E-state index contributed by atoms with van der Waals surface area (Å²) in [4.78, 5) is 46.3. The average Bonchev–Trinajstić information content (AvgIpc) is 2.49. The number of amides is 1. The Morgan fingerprint density at radius 1 is 0.963 bits per heavy atom. The molecule has 1 amide bonds. The van der Waals surface area contributed by atoms with Crippen molar-refractivity contribution in [2.45, 2.75) is 68.5 Å². The predicted molar refractivity (Wildman–Crippen MR) is 97.2 cm³/mol. The Morgan fingerprint density at radius 3 is 1.96 bits per heavy atom. The van der Waals surface area contributed by atoms with Crippen LogP contribution in [0.3, 0.4) is 0 Å². The van der Waals surface area contributed by atoms with E-state index in [1.54, 1.807) is 0 Å². The van der Waals surface area contributed by atoms with E-state index in [9.17, 15) is 19.2 Å². The van der Waals surface area contributed by atoms with Crippen LogP contribution in [0.15, 0.2) is 0 Å². The van der Waals surface area contributed by atoms with Gasteiger partial charge in [-0.25, -0.2) is 0 Å². The first-order valence-corrected chi connectivity index (χ1v) is 17.7. The third-order valence-corrected chi connectivity index (χ3v) is 12.4. The van der Waals surface area contributed by atoms with Gasteiger partial charge >= 0.3 is 168 Å². The Balaban J connectivity index is 3.27.